The summed E-state index contributed by atoms with van der Waals surface area (Å²) in [4.78, 5) is 11.3. The molecule has 0 saturated heterocycles. The van der Waals surface area contributed by atoms with E-state index in [1.165, 1.54) is 41.7 Å². The van der Waals surface area contributed by atoms with Crippen molar-refractivity contribution in [3.05, 3.63) is 70.0 Å². The van der Waals surface area contributed by atoms with E-state index in [0.29, 0.717) is 21.7 Å². The summed E-state index contributed by atoms with van der Waals surface area (Å²) in [6, 6.07) is 14.0. The summed E-state index contributed by atoms with van der Waals surface area (Å²) in [5, 5.41) is 1.08. The highest BCUT2D eigenvalue weighted by Gasteiger charge is 2.21. The van der Waals surface area contributed by atoms with Crippen LogP contribution in [0.1, 0.15) is 0 Å². The molecule has 1 heterocycles. The number of hydrogen-bond acceptors (Lipinski definition) is 5. The molecule has 0 bridgehead atoms. The molecule has 3 rings (SSSR count). The van der Waals surface area contributed by atoms with Crippen LogP contribution >= 0.6 is 11.6 Å². The zero-order valence-corrected chi connectivity index (χ0v) is 15.5. The number of halogens is 1. The quantitative estimate of drug-likeness (QED) is 0.601. The van der Waals surface area contributed by atoms with Crippen LogP contribution in [0, 0.1) is 0 Å². The van der Waals surface area contributed by atoms with Crippen LogP contribution in [-0.2, 0) is 10.0 Å². The zero-order chi connectivity index (χ0) is 18.7. The van der Waals surface area contributed by atoms with Crippen molar-refractivity contribution in [2.75, 3.05) is 20.2 Å². The lowest BCUT2D eigenvalue weighted by Crippen LogP contribution is -2.31. The van der Waals surface area contributed by atoms with Gasteiger partial charge in [-0.1, -0.05) is 17.7 Å². The van der Waals surface area contributed by atoms with Gasteiger partial charge in [0.05, 0.1) is 4.90 Å². The third-order valence-corrected chi connectivity index (χ3v) is 5.86. The van der Waals surface area contributed by atoms with E-state index >= 15 is 0 Å². The van der Waals surface area contributed by atoms with Crippen molar-refractivity contribution < 1.29 is 17.6 Å². The predicted molar refractivity (Wildman–Crippen MR) is 99.2 cm³/mol. The number of ether oxygens (including phenoxy) is 1. The molecule has 136 valence electrons. The maximum absolute atomic E-state index is 12.7. The molecule has 3 aromatic rings. The number of benzene rings is 2. The molecule has 0 unspecified atom stereocenters. The van der Waals surface area contributed by atoms with Gasteiger partial charge in [-0.2, -0.15) is 4.31 Å². The fourth-order valence-corrected chi connectivity index (χ4v) is 3.73. The molecule has 0 radical (unpaired) electrons. The molecule has 0 aliphatic heterocycles. The summed E-state index contributed by atoms with van der Waals surface area (Å²) in [5.41, 5.74) is -0.146. The molecule has 26 heavy (non-hydrogen) atoms. The number of fused-ring (bicyclic) bond motifs is 1. The minimum Gasteiger partial charge on any atom is -0.492 e. The SMILES string of the molecule is CN(CCOc1cccc(Cl)c1)S(=O)(=O)c1ccc2oc(=O)ccc2c1. The van der Waals surface area contributed by atoms with E-state index in [1.807, 2.05) is 0 Å². The summed E-state index contributed by atoms with van der Waals surface area (Å²) in [6.45, 7) is 0.343. The number of rotatable bonds is 6. The summed E-state index contributed by atoms with van der Waals surface area (Å²) in [5.74, 6) is 0.573. The van der Waals surface area contributed by atoms with Gasteiger partial charge in [-0.05, 0) is 42.5 Å². The Balaban J connectivity index is 1.72. The van der Waals surface area contributed by atoms with Crippen molar-refractivity contribution in [2.24, 2.45) is 0 Å². The van der Waals surface area contributed by atoms with Gasteiger partial charge in [0.25, 0.3) is 0 Å². The van der Waals surface area contributed by atoms with Gasteiger partial charge in [0, 0.05) is 30.1 Å². The van der Waals surface area contributed by atoms with E-state index in [2.05, 4.69) is 0 Å². The van der Waals surface area contributed by atoms with Crippen LogP contribution in [0.4, 0.5) is 0 Å². The molecule has 0 spiro atoms. The highest BCUT2D eigenvalue weighted by atomic mass is 35.5. The van der Waals surface area contributed by atoms with E-state index < -0.39 is 15.6 Å². The van der Waals surface area contributed by atoms with Gasteiger partial charge in [-0.3, -0.25) is 0 Å². The van der Waals surface area contributed by atoms with Crippen LogP contribution in [0.5, 0.6) is 5.75 Å². The first-order valence-electron chi connectivity index (χ1n) is 7.75. The monoisotopic (exact) mass is 393 g/mol. The van der Waals surface area contributed by atoms with Crippen molar-refractivity contribution in [2.45, 2.75) is 4.90 Å². The highest BCUT2D eigenvalue weighted by Crippen LogP contribution is 2.21. The first-order chi connectivity index (χ1) is 12.4. The Morgan fingerprint density at radius 1 is 1.12 bits per heavy atom. The van der Waals surface area contributed by atoms with Crippen LogP contribution in [0.25, 0.3) is 11.0 Å². The second kappa shape index (κ2) is 7.49. The topological polar surface area (TPSA) is 76.8 Å². The number of sulfonamides is 1. The molecule has 0 amide bonds. The summed E-state index contributed by atoms with van der Waals surface area (Å²) in [6.07, 6.45) is 0. The number of nitrogens with zero attached hydrogens (tertiary/aromatic N) is 1. The molecule has 8 heteroatoms. The van der Waals surface area contributed by atoms with Gasteiger partial charge in [0.15, 0.2) is 0 Å². The average molecular weight is 394 g/mol. The molecule has 0 aliphatic rings. The first-order valence-corrected chi connectivity index (χ1v) is 9.57. The Morgan fingerprint density at radius 3 is 2.69 bits per heavy atom. The Morgan fingerprint density at radius 2 is 1.92 bits per heavy atom. The van der Waals surface area contributed by atoms with Crippen LogP contribution in [0.15, 0.2) is 68.7 Å². The minimum atomic E-state index is -3.70. The minimum absolute atomic E-state index is 0.115. The fraction of sp³-hybridized carbons (Fsp3) is 0.167. The van der Waals surface area contributed by atoms with Crippen LogP contribution in [-0.4, -0.2) is 32.9 Å². The van der Waals surface area contributed by atoms with Gasteiger partial charge in [-0.25, -0.2) is 13.2 Å². The van der Waals surface area contributed by atoms with E-state index in [4.69, 9.17) is 20.8 Å². The Hall–Kier alpha value is -2.35. The van der Waals surface area contributed by atoms with E-state index in [9.17, 15) is 13.2 Å². The fourth-order valence-electron chi connectivity index (χ4n) is 2.36. The lowest BCUT2D eigenvalue weighted by molar-refractivity contribution is 0.287. The van der Waals surface area contributed by atoms with Crippen molar-refractivity contribution in [1.29, 1.82) is 0 Å². The van der Waals surface area contributed by atoms with Crippen molar-refractivity contribution >= 4 is 32.6 Å². The van der Waals surface area contributed by atoms with Crippen molar-refractivity contribution in [3.8, 4) is 5.75 Å². The third kappa shape index (κ3) is 4.07. The lowest BCUT2D eigenvalue weighted by Gasteiger charge is -2.17. The van der Waals surface area contributed by atoms with Gasteiger partial charge in [0.2, 0.25) is 10.0 Å². The Bertz CT molecular complexity index is 1090. The molecule has 1 aromatic heterocycles. The van der Waals surface area contributed by atoms with Gasteiger partial charge < -0.3 is 9.15 Å². The second-order valence-corrected chi connectivity index (χ2v) is 8.07. The van der Waals surface area contributed by atoms with Gasteiger partial charge in [0.1, 0.15) is 17.9 Å². The average Bonchev–Trinajstić information content (AvgIpc) is 2.61. The molecular formula is C18H16ClNO5S. The lowest BCUT2D eigenvalue weighted by atomic mass is 10.2. The first kappa shape index (κ1) is 18.4. The molecular weight excluding hydrogens is 378 g/mol. The maximum atomic E-state index is 12.7. The largest absolute Gasteiger partial charge is 0.492 e. The molecule has 0 fully saturated rings. The molecule has 6 nitrogen and oxygen atoms in total. The van der Waals surface area contributed by atoms with E-state index in [0.717, 1.165) is 0 Å². The van der Waals surface area contributed by atoms with Crippen LogP contribution in [0.2, 0.25) is 5.02 Å². The zero-order valence-electron chi connectivity index (χ0n) is 13.9. The highest BCUT2D eigenvalue weighted by molar-refractivity contribution is 7.89. The molecule has 0 atom stereocenters. The second-order valence-electron chi connectivity index (χ2n) is 5.59. The molecule has 2 aromatic carbocycles. The van der Waals surface area contributed by atoms with Gasteiger partial charge >= 0.3 is 5.63 Å². The summed E-state index contributed by atoms with van der Waals surface area (Å²) in [7, 11) is -2.22. The van der Waals surface area contributed by atoms with Gasteiger partial charge in [-0.15, -0.1) is 0 Å². The smallest absolute Gasteiger partial charge is 0.336 e. The normalized spacial score (nSPS) is 11.8. The summed E-state index contributed by atoms with van der Waals surface area (Å²) >= 11 is 5.88. The van der Waals surface area contributed by atoms with Crippen LogP contribution in [0.3, 0.4) is 0 Å². The van der Waals surface area contributed by atoms with Crippen LogP contribution < -0.4 is 10.4 Å². The van der Waals surface area contributed by atoms with E-state index in [-0.39, 0.29) is 18.0 Å². The molecule has 0 saturated carbocycles. The molecule has 0 aliphatic carbocycles. The summed E-state index contributed by atoms with van der Waals surface area (Å²) < 4.78 is 37.1. The van der Waals surface area contributed by atoms with Crippen molar-refractivity contribution in [3.63, 3.8) is 0 Å². The number of hydrogen-bond donors (Lipinski definition) is 0. The molecule has 0 N–H and O–H groups in total. The Labute approximate surface area is 155 Å². The standard InChI is InChI=1S/C18H16ClNO5S/c1-20(9-10-24-15-4-2-3-14(19)12-15)26(22,23)16-6-7-17-13(11-16)5-8-18(21)25-17/h2-8,11-12H,9-10H2,1H3. The number of likely N-dealkylation sites (N-methyl/N-ethyl adjacent to an activating group) is 1. The van der Waals surface area contributed by atoms with E-state index in [1.54, 1.807) is 24.3 Å². The Kier molecular flexibility index (Phi) is 5.31. The van der Waals surface area contributed by atoms with Crippen molar-refractivity contribution in [1.82, 2.24) is 4.31 Å². The predicted octanol–water partition coefficient (Wildman–Crippen LogP) is 3.15. The maximum Gasteiger partial charge on any atom is 0.336 e. The third-order valence-electron chi connectivity index (χ3n) is 3.77.